The molecule has 110 valence electrons. The first-order chi connectivity index (χ1) is 10.4. The van der Waals surface area contributed by atoms with Crippen molar-refractivity contribution in [1.82, 2.24) is 15.2 Å². The lowest BCUT2D eigenvalue weighted by molar-refractivity contribution is 0.185. The van der Waals surface area contributed by atoms with Gasteiger partial charge >= 0.3 is 0 Å². The van der Waals surface area contributed by atoms with Gasteiger partial charge in [0.15, 0.2) is 0 Å². The van der Waals surface area contributed by atoms with E-state index in [1.807, 2.05) is 6.20 Å². The molecular weight excluding hydrogens is 260 g/mol. The van der Waals surface area contributed by atoms with Crippen LogP contribution in [0.15, 0.2) is 36.5 Å². The molecule has 2 fully saturated rings. The minimum absolute atomic E-state index is 0.707. The molecule has 4 heteroatoms. The maximum absolute atomic E-state index is 4.48. The molecule has 1 atom stereocenters. The van der Waals surface area contributed by atoms with Gasteiger partial charge in [-0.15, -0.1) is 0 Å². The first kappa shape index (κ1) is 13.0. The third-order valence-electron chi connectivity index (χ3n) is 4.80. The van der Waals surface area contributed by atoms with Crippen molar-refractivity contribution in [2.45, 2.75) is 12.5 Å². The van der Waals surface area contributed by atoms with Crippen LogP contribution < -0.4 is 10.2 Å². The third kappa shape index (κ3) is 2.49. The van der Waals surface area contributed by atoms with Crippen molar-refractivity contribution in [3.05, 3.63) is 36.5 Å². The molecule has 1 unspecified atom stereocenters. The van der Waals surface area contributed by atoms with Crippen molar-refractivity contribution in [3.63, 3.8) is 0 Å². The monoisotopic (exact) mass is 282 g/mol. The van der Waals surface area contributed by atoms with E-state index in [2.05, 4.69) is 50.4 Å². The summed E-state index contributed by atoms with van der Waals surface area (Å²) in [5.74, 6) is 0. The van der Waals surface area contributed by atoms with E-state index in [1.54, 1.807) is 0 Å². The van der Waals surface area contributed by atoms with E-state index < -0.39 is 0 Å². The van der Waals surface area contributed by atoms with Crippen molar-refractivity contribution in [1.29, 1.82) is 0 Å². The number of hydrogen-bond donors (Lipinski definition) is 1. The molecule has 0 aliphatic carbocycles. The number of fused-ring (bicyclic) bond motifs is 1. The van der Waals surface area contributed by atoms with Gasteiger partial charge in [0, 0.05) is 62.6 Å². The summed E-state index contributed by atoms with van der Waals surface area (Å²) in [7, 11) is 0. The fourth-order valence-corrected chi connectivity index (χ4v) is 3.66. The Morgan fingerprint density at radius 2 is 1.90 bits per heavy atom. The lowest BCUT2D eigenvalue weighted by Crippen LogP contribution is -2.49. The molecule has 2 aliphatic rings. The summed E-state index contributed by atoms with van der Waals surface area (Å²) >= 11 is 0. The molecule has 1 aromatic heterocycles. The summed E-state index contributed by atoms with van der Waals surface area (Å²) in [5, 5.41) is 4.72. The minimum Gasteiger partial charge on any atom is -0.369 e. The standard InChI is InChI=1S/C17H22N4/c1-2-4-16-15(3-1)17(5-7-19-16)21-10-6-14(13-21)20-11-8-18-9-12-20/h1-5,7,14,18H,6,8-13H2. The van der Waals surface area contributed by atoms with Crippen molar-refractivity contribution in [2.24, 2.45) is 0 Å². The number of anilines is 1. The highest BCUT2D eigenvalue weighted by Crippen LogP contribution is 2.29. The quantitative estimate of drug-likeness (QED) is 0.909. The molecular formula is C17H22N4. The van der Waals surface area contributed by atoms with Crippen LogP contribution >= 0.6 is 0 Å². The lowest BCUT2D eigenvalue weighted by atomic mass is 10.1. The fraction of sp³-hybridized carbons (Fsp3) is 0.471. The molecule has 2 aliphatic heterocycles. The predicted octanol–water partition coefficient (Wildman–Crippen LogP) is 1.72. The number of nitrogens with one attached hydrogen (secondary N) is 1. The number of hydrogen-bond acceptors (Lipinski definition) is 4. The van der Waals surface area contributed by atoms with Crippen LogP contribution in [0.25, 0.3) is 10.9 Å². The van der Waals surface area contributed by atoms with Crippen LogP contribution in [-0.2, 0) is 0 Å². The van der Waals surface area contributed by atoms with Gasteiger partial charge < -0.3 is 10.2 Å². The summed E-state index contributed by atoms with van der Waals surface area (Å²) < 4.78 is 0. The molecule has 0 bridgehead atoms. The maximum atomic E-state index is 4.48. The summed E-state index contributed by atoms with van der Waals surface area (Å²) in [6.07, 6.45) is 3.21. The van der Waals surface area contributed by atoms with Crippen molar-refractivity contribution < 1.29 is 0 Å². The Balaban J connectivity index is 1.56. The summed E-state index contributed by atoms with van der Waals surface area (Å²) in [4.78, 5) is 9.67. The van der Waals surface area contributed by atoms with Crippen LogP contribution in [-0.4, -0.2) is 55.2 Å². The number of benzene rings is 1. The van der Waals surface area contributed by atoms with Crippen LogP contribution in [0.2, 0.25) is 0 Å². The maximum Gasteiger partial charge on any atom is 0.0722 e. The Morgan fingerprint density at radius 1 is 1.05 bits per heavy atom. The Morgan fingerprint density at radius 3 is 2.81 bits per heavy atom. The predicted molar refractivity (Wildman–Crippen MR) is 86.8 cm³/mol. The normalized spacial score (nSPS) is 23.8. The SMILES string of the molecule is c1ccc2c(N3CCC(N4CCNCC4)C3)ccnc2c1. The van der Waals surface area contributed by atoms with Crippen LogP contribution in [0, 0.1) is 0 Å². The molecule has 0 saturated carbocycles. The van der Waals surface area contributed by atoms with Crippen LogP contribution in [0.4, 0.5) is 5.69 Å². The first-order valence-corrected chi connectivity index (χ1v) is 7.95. The highest BCUT2D eigenvalue weighted by Gasteiger charge is 2.29. The number of pyridine rings is 1. The average Bonchev–Trinajstić information content (AvgIpc) is 3.05. The third-order valence-corrected chi connectivity index (χ3v) is 4.80. The molecule has 4 rings (SSSR count). The number of piperazine rings is 1. The van der Waals surface area contributed by atoms with Gasteiger partial charge in [0.25, 0.3) is 0 Å². The van der Waals surface area contributed by atoms with E-state index in [-0.39, 0.29) is 0 Å². The van der Waals surface area contributed by atoms with Gasteiger partial charge in [-0.25, -0.2) is 0 Å². The Bertz CT molecular complexity index is 616. The van der Waals surface area contributed by atoms with Gasteiger partial charge in [-0.2, -0.15) is 0 Å². The molecule has 1 aromatic carbocycles. The lowest BCUT2D eigenvalue weighted by Gasteiger charge is -2.32. The molecule has 0 spiro atoms. The molecule has 2 aromatic rings. The van der Waals surface area contributed by atoms with E-state index in [4.69, 9.17) is 0 Å². The Hall–Kier alpha value is -1.65. The second-order valence-electron chi connectivity index (χ2n) is 6.02. The largest absolute Gasteiger partial charge is 0.369 e. The Kier molecular flexibility index (Phi) is 3.49. The van der Waals surface area contributed by atoms with Gasteiger partial charge in [-0.1, -0.05) is 18.2 Å². The van der Waals surface area contributed by atoms with Crippen LogP contribution in [0.3, 0.4) is 0 Å². The van der Waals surface area contributed by atoms with E-state index in [0.717, 1.165) is 31.7 Å². The van der Waals surface area contributed by atoms with E-state index in [9.17, 15) is 0 Å². The zero-order valence-electron chi connectivity index (χ0n) is 12.3. The van der Waals surface area contributed by atoms with Gasteiger partial charge in [-0.3, -0.25) is 9.88 Å². The fourth-order valence-electron chi connectivity index (χ4n) is 3.66. The molecule has 0 amide bonds. The zero-order chi connectivity index (χ0) is 14.1. The Labute approximate surface area is 125 Å². The summed E-state index contributed by atoms with van der Waals surface area (Å²) in [5.41, 5.74) is 2.44. The molecule has 0 radical (unpaired) electrons. The molecule has 1 N–H and O–H groups in total. The van der Waals surface area contributed by atoms with Crippen LogP contribution in [0.1, 0.15) is 6.42 Å². The second kappa shape index (κ2) is 5.62. The number of aromatic nitrogens is 1. The highest BCUT2D eigenvalue weighted by molar-refractivity contribution is 5.91. The van der Waals surface area contributed by atoms with E-state index in [1.165, 1.54) is 30.6 Å². The zero-order valence-corrected chi connectivity index (χ0v) is 12.3. The summed E-state index contributed by atoms with van der Waals surface area (Å²) in [6, 6.07) is 11.3. The van der Waals surface area contributed by atoms with Crippen molar-refractivity contribution in [2.75, 3.05) is 44.2 Å². The van der Waals surface area contributed by atoms with Crippen molar-refractivity contribution in [3.8, 4) is 0 Å². The highest BCUT2D eigenvalue weighted by atomic mass is 15.3. The van der Waals surface area contributed by atoms with Gasteiger partial charge in [-0.05, 0) is 18.6 Å². The average molecular weight is 282 g/mol. The van der Waals surface area contributed by atoms with Gasteiger partial charge in [0.2, 0.25) is 0 Å². The van der Waals surface area contributed by atoms with Crippen LogP contribution in [0.5, 0.6) is 0 Å². The van der Waals surface area contributed by atoms with E-state index in [0.29, 0.717) is 6.04 Å². The van der Waals surface area contributed by atoms with Gasteiger partial charge in [0.1, 0.15) is 0 Å². The summed E-state index contributed by atoms with van der Waals surface area (Å²) in [6.45, 7) is 6.95. The number of para-hydroxylation sites is 1. The molecule has 21 heavy (non-hydrogen) atoms. The second-order valence-corrected chi connectivity index (χ2v) is 6.02. The number of rotatable bonds is 2. The molecule has 4 nitrogen and oxygen atoms in total. The molecule has 3 heterocycles. The van der Waals surface area contributed by atoms with E-state index >= 15 is 0 Å². The first-order valence-electron chi connectivity index (χ1n) is 7.95. The molecule has 2 saturated heterocycles. The minimum atomic E-state index is 0.707. The van der Waals surface area contributed by atoms with Gasteiger partial charge in [0.05, 0.1) is 5.52 Å². The van der Waals surface area contributed by atoms with Crippen molar-refractivity contribution >= 4 is 16.6 Å². The topological polar surface area (TPSA) is 31.4 Å². The number of nitrogens with zero attached hydrogens (tertiary/aromatic N) is 3. The smallest absolute Gasteiger partial charge is 0.0722 e.